The van der Waals surface area contributed by atoms with Gasteiger partial charge in [-0.1, -0.05) is 35.3 Å². The fraction of sp³-hybridized carbons (Fsp3) is 0.438. The van der Waals surface area contributed by atoms with Crippen molar-refractivity contribution in [2.24, 2.45) is 5.92 Å². The van der Waals surface area contributed by atoms with Crippen LogP contribution in [0.2, 0.25) is 10.0 Å². The topological polar surface area (TPSA) is 87.2 Å². The summed E-state index contributed by atoms with van der Waals surface area (Å²) < 4.78 is 11.8. The number of anilines is 1. The second kappa shape index (κ2) is 13.1. The smallest absolute Gasteiger partial charge is 0.225 e. The maximum atomic E-state index is 13.6. The largest absolute Gasteiger partial charge is 0.489 e. The molecule has 1 amide bonds. The molecule has 3 unspecified atom stereocenters. The highest BCUT2D eigenvalue weighted by atomic mass is 35.5. The summed E-state index contributed by atoms with van der Waals surface area (Å²) in [4.78, 5) is 22.6. The third-order valence-corrected chi connectivity index (χ3v) is 8.65. The number of pyridine rings is 1. The minimum Gasteiger partial charge on any atom is -0.489 e. The number of ether oxygens (including phenoxy) is 2. The molecule has 2 aromatic carbocycles. The molecule has 3 atom stereocenters. The maximum Gasteiger partial charge on any atom is 0.225 e. The average Bonchev–Trinajstić information content (AvgIpc) is 3.42. The number of likely N-dealkylation sites (tertiary alicyclic amines) is 1. The molecule has 8 nitrogen and oxygen atoms in total. The van der Waals surface area contributed by atoms with Gasteiger partial charge in [0.15, 0.2) is 0 Å². The van der Waals surface area contributed by atoms with E-state index in [4.69, 9.17) is 32.7 Å². The number of aromatic nitrogens is 1. The highest BCUT2D eigenvalue weighted by Gasteiger charge is 2.34. The van der Waals surface area contributed by atoms with Crippen molar-refractivity contribution in [1.82, 2.24) is 15.2 Å². The fourth-order valence-electron chi connectivity index (χ4n) is 5.61. The van der Waals surface area contributed by atoms with Crippen molar-refractivity contribution in [3.05, 3.63) is 76.3 Å². The van der Waals surface area contributed by atoms with Crippen molar-refractivity contribution in [2.75, 3.05) is 37.6 Å². The Bertz CT molecular complexity index is 1380. The van der Waals surface area contributed by atoms with Crippen LogP contribution in [0.1, 0.15) is 43.8 Å². The normalized spacial score (nSPS) is 20.4. The summed E-state index contributed by atoms with van der Waals surface area (Å²) in [7, 11) is 0. The van der Waals surface area contributed by atoms with Crippen molar-refractivity contribution in [3.8, 4) is 17.4 Å². The first-order valence-electron chi connectivity index (χ1n) is 14.7. The van der Waals surface area contributed by atoms with Gasteiger partial charge in [0.25, 0.3) is 0 Å². The molecule has 3 aromatic rings. The van der Waals surface area contributed by atoms with Crippen molar-refractivity contribution in [2.45, 2.75) is 50.4 Å². The molecule has 2 N–H and O–H groups in total. The first-order chi connectivity index (χ1) is 20.4. The van der Waals surface area contributed by atoms with Crippen LogP contribution in [0, 0.1) is 5.92 Å². The molecule has 42 heavy (non-hydrogen) atoms. The molecular formula is C32H36Cl2N4O4. The lowest BCUT2D eigenvalue weighted by Crippen LogP contribution is -2.48. The monoisotopic (exact) mass is 610 g/mol. The Kier molecular flexibility index (Phi) is 9.05. The van der Waals surface area contributed by atoms with E-state index in [-0.39, 0.29) is 17.9 Å². The summed E-state index contributed by atoms with van der Waals surface area (Å²) >= 11 is 12.5. The standard InChI is InChI=1S/C32H36Cl2N4O4/c33-23-7-9-25(10-8-23)42-30-5-3-4-29(36-30)38-17-14-22(19-38)32(40)35-27(20-37-15-1-2-16-37)31(39)21-6-13-28(26(34)18-21)41-24-11-12-24/h3-10,13,18,22,24,27,31,39H,1-2,11-12,14-17,19-20H2,(H,35,40). The van der Waals surface area contributed by atoms with Crippen molar-refractivity contribution < 1.29 is 19.4 Å². The molecule has 3 heterocycles. The zero-order chi connectivity index (χ0) is 29.1. The average molecular weight is 612 g/mol. The van der Waals surface area contributed by atoms with Gasteiger partial charge in [-0.3, -0.25) is 4.79 Å². The lowest BCUT2D eigenvalue weighted by atomic mass is 10.00. The van der Waals surface area contributed by atoms with E-state index in [1.54, 1.807) is 36.4 Å². The third kappa shape index (κ3) is 7.29. The molecule has 1 aromatic heterocycles. The van der Waals surface area contributed by atoms with Crippen LogP contribution in [0.15, 0.2) is 60.7 Å². The summed E-state index contributed by atoms with van der Waals surface area (Å²) in [6.07, 6.45) is 4.37. The Hall–Kier alpha value is -3.04. The van der Waals surface area contributed by atoms with E-state index in [0.29, 0.717) is 59.0 Å². The summed E-state index contributed by atoms with van der Waals surface area (Å²) in [5.41, 5.74) is 0.669. The molecule has 2 aliphatic heterocycles. The number of carbonyl (C=O) groups is 1. The Morgan fingerprint density at radius 3 is 2.55 bits per heavy atom. The van der Waals surface area contributed by atoms with Crippen LogP contribution in [0.4, 0.5) is 5.82 Å². The second-order valence-corrected chi connectivity index (χ2v) is 12.2. The molecule has 3 fully saturated rings. The first kappa shape index (κ1) is 29.1. The molecule has 10 heteroatoms. The van der Waals surface area contributed by atoms with Gasteiger partial charge < -0.3 is 29.7 Å². The predicted octanol–water partition coefficient (Wildman–Crippen LogP) is 5.86. The van der Waals surface area contributed by atoms with Crippen LogP contribution >= 0.6 is 23.2 Å². The number of aliphatic hydroxyl groups excluding tert-OH is 1. The second-order valence-electron chi connectivity index (χ2n) is 11.4. The number of hydrogen-bond donors (Lipinski definition) is 2. The van der Waals surface area contributed by atoms with E-state index in [2.05, 4.69) is 20.1 Å². The first-order valence-corrected chi connectivity index (χ1v) is 15.5. The SMILES string of the molecule is O=C(NC(CN1CCCC1)C(O)c1ccc(OC2CC2)c(Cl)c1)C1CCN(c2cccc(Oc3ccc(Cl)cc3)n2)C1. The minimum atomic E-state index is -0.900. The molecule has 0 radical (unpaired) electrons. The van der Waals surface area contributed by atoms with E-state index < -0.39 is 12.1 Å². The van der Waals surface area contributed by atoms with Gasteiger partial charge in [-0.25, -0.2) is 0 Å². The van der Waals surface area contributed by atoms with Gasteiger partial charge in [0.1, 0.15) is 23.4 Å². The van der Waals surface area contributed by atoms with Gasteiger partial charge in [0.05, 0.1) is 23.1 Å². The molecule has 222 valence electrons. The Labute approximate surface area is 256 Å². The van der Waals surface area contributed by atoms with Crippen LogP contribution in [-0.4, -0.2) is 65.8 Å². The van der Waals surface area contributed by atoms with E-state index in [1.165, 1.54) is 0 Å². The lowest BCUT2D eigenvalue weighted by Gasteiger charge is -2.30. The summed E-state index contributed by atoms with van der Waals surface area (Å²) in [5.74, 6) is 2.24. The fourth-order valence-corrected chi connectivity index (χ4v) is 5.96. The molecular weight excluding hydrogens is 575 g/mol. The number of benzene rings is 2. The van der Waals surface area contributed by atoms with Gasteiger partial charge in [-0.2, -0.15) is 4.98 Å². The van der Waals surface area contributed by atoms with Crippen molar-refractivity contribution in [3.63, 3.8) is 0 Å². The van der Waals surface area contributed by atoms with E-state index in [9.17, 15) is 9.90 Å². The van der Waals surface area contributed by atoms with Gasteiger partial charge in [-0.15, -0.1) is 0 Å². The number of carbonyl (C=O) groups excluding carboxylic acids is 1. The maximum absolute atomic E-state index is 13.6. The van der Waals surface area contributed by atoms with Crippen molar-refractivity contribution >= 4 is 34.9 Å². The number of hydrogen-bond acceptors (Lipinski definition) is 7. The molecule has 1 aliphatic carbocycles. The van der Waals surface area contributed by atoms with Crippen LogP contribution in [0.3, 0.4) is 0 Å². The summed E-state index contributed by atoms with van der Waals surface area (Å²) in [6.45, 7) is 3.74. The highest BCUT2D eigenvalue weighted by molar-refractivity contribution is 6.32. The number of nitrogens with zero attached hydrogens (tertiary/aromatic N) is 3. The third-order valence-electron chi connectivity index (χ3n) is 8.11. The van der Waals surface area contributed by atoms with Crippen LogP contribution in [0.25, 0.3) is 0 Å². The number of halogens is 2. The molecule has 2 saturated heterocycles. The van der Waals surface area contributed by atoms with Gasteiger partial charge in [0, 0.05) is 30.7 Å². The number of aliphatic hydroxyl groups is 1. The highest BCUT2D eigenvalue weighted by Crippen LogP contribution is 2.34. The van der Waals surface area contributed by atoms with Crippen LogP contribution in [0.5, 0.6) is 17.4 Å². The molecule has 6 rings (SSSR count). The summed E-state index contributed by atoms with van der Waals surface area (Å²) in [6, 6.07) is 17.7. The van der Waals surface area contributed by atoms with Crippen LogP contribution < -0.4 is 19.7 Å². The predicted molar refractivity (Wildman–Crippen MR) is 164 cm³/mol. The zero-order valence-electron chi connectivity index (χ0n) is 23.4. The van der Waals surface area contributed by atoms with Crippen LogP contribution in [-0.2, 0) is 4.79 Å². The number of nitrogens with one attached hydrogen (secondary N) is 1. The van der Waals surface area contributed by atoms with Gasteiger partial charge in [0.2, 0.25) is 11.8 Å². The van der Waals surface area contributed by atoms with Crippen molar-refractivity contribution in [1.29, 1.82) is 0 Å². The Morgan fingerprint density at radius 2 is 1.81 bits per heavy atom. The van der Waals surface area contributed by atoms with Gasteiger partial charge >= 0.3 is 0 Å². The zero-order valence-corrected chi connectivity index (χ0v) is 24.9. The lowest BCUT2D eigenvalue weighted by molar-refractivity contribution is -0.126. The quantitative estimate of drug-likeness (QED) is 0.281. The Morgan fingerprint density at radius 1 is 1.02 bits per heavy atom. The molecule has 1 saturated carbocycles. The molecule has 0 bridgehead atoms. The molecule has 3 aliphatic rings. The number of amides is 1. The molecule has 0 spiro atoms. The van der Waals surface area contributed by atoms with E-state index >= 15 is 0 Å². The van der Waals surface area contributed by atoms with Gasteiger partial charge in [-0.05, 0) is 93.2 Å². The number of rotatable bonds is 11. The van der Waals surface area contributed by atoms with E-state index in [0.717, 1.165) is 44.6 Å². The summed E-state index contributed by atoms with van der Waals surface area (Å²) in [5, 5.41) is 15.8. The van der Waals surface area contributed by atoms with E-state index in [1.807, 2.05) is 24.3 Å². The Balaban J connectivity index is 1.10. The minimum absolute atomic E-state index is 0.0610.